The van der Waals surface area contributed by atoms with E-state index in [1.165, 1.54) is 0 Å². The van der Waals surface area contributed by atoms with Gasteiger partial charge in [-0.3, -0.25) is 0 Å². The van der Waals surface area contributed by atoms with Crippen molar-refractivity contribution in [2.45, 2.75) is 25.9 Å². The average Bonchev–Trinajstić information content (AvgIpc) is 2.04. The SMILES string of the molecule is CC(CBr)CN1CCCC(O)C1. The summed E-state index contributed by atoms with van der Waals surface area (Å²) in [5, 5.41) is 10.5. The second-order valence-electron chi connectivity index (χ2n) is 3.82. The van der Waals surface area contributed by atoms with E-state index in [4.69, 9.17) is 0 Å². The van der Waals surface area contributed by atoms with Crippen LogP contribution in [0.3, 0.4) is 0 Å². The quantitative estimate of drug-likeness (QED) is 0.750. The third kappa shape index (κ3) is 3.42. The molecule has 0 saturated carbocycles. The smallest absolute Gasteiger partial charge is 0.0667 e. The van der Waals surface area contributed by atoms with E-state index in [1.54, 1.807) is 0 Å². The molecule has 0 spiro atoms. The number of halogens is 1. The molecule has 0 aromatic heterocycles. The fourth-order valence-corrected chi connectivity index (χ4v) is 1.89. The van der Waals surface area contributed by atoms with Crippen LogP contribution in [0.2, 0.25) is 0 Å². The fourth-order valence-electron chi connectivity index (χ4n) is 1.69. The molecule has 12 heavy (non-hydrogen) atoms. The molecule has 2 unspecified atom stereocenters. The van der Waals surface area contributed by atoms with Gasteiger partial charge in [0.25, 0.3) is 0 Å². The molecule has 0 bridgehead atoms. The Balaban J connectivity index is 2.22. The number of hydrogen-bond donors (Lipinski definition) is 1. The molecular weight excluding hydrogens is 218 g/mol. The molecule has 0 aliphatic carbocycles. The Bertz CT molecular complexity index is 132. The Morgan fingerprint density at radius 3 is 3.00 bits per heavy atom. The van der Waals surface area contributed by atoms with Gasteiger partial charge in [-0.1, -0.05) is 22.9 Å². The minimum atomic E-state index is -0.0822. The van der Waals surface area contributed by atoms with E-state index >= 15 is 0 Å². The highest BCUT2D eigenvalue weighted by atomic mass is 79.9. The monoisotopic (exact) mass is 235 g/mol. The van der Waals surface area contributed by atoms with Crippen molar-refractivity contribution < 1.29 is 5.11 Å². The molecule has 2 nitrogen and oxygen atoms in total. The molecule has 0 aromatic rings. The molecule has 1 fully saturated rings. The first-order valence-corrected chi connectivity index (χ1v) is 5.81. The van der Waals surface area contributed by atoms with E-state index in [1.807, 2.05) is 0 Å². The maximum atomic E-state index is 9.41. The zero-order valence-corrected chi connectivity index (χ0v) is 9.26. The Morgan fingerprint density at radius 1 is 1.67 bits per heavy atom. The number of aliphatic hydroxyl groups is 1. The van der Waals surface area contributed by atoms with Crippen molar-refractivity contribution in [3.05, 3.63) is 0 Å². The number of β-amino-alcohol motifs (C(OH)–C–C–N with tert-alkyl or cyclic N) is 1. The van der Waals surface area contributed by atoms with Gasteiger partial charge in [-0.25, -0.2) is 0 Å². The van der Waals surface area contributed by atoms with Gasteiger partial charge in [0.05, 0.1) is 6.10 Å². The largest absolute Gasteiger partial charge is 0.392 e. The standard InChI is InChI=1S/C9H18BrNO/c1-8(5-10)6-11-4-2-3-9(12)7-11/h8-9,12H,2-7H2,1H3. The van der Waals surface area contributed by atoms with E-state index in [0.717, 1.165) is 37.8 Å². The van der Waals surface area contributed by atoms with Crippen LogP contribution in [0, 0.1) is 5.92 Å². The second-order valence-corrected chi connectivity index (χ2v) is 4.46. The molecule has 3 heteroatoms. The van der Waals surface area contributed by atoms with E-state index in [0.29, 0.717) is 5.92 Å². The number of hydrogen-bond acceptors (Lipinski definition) is 2. The van der Waals surface area contributed by atoms with Gasteiger partial charge in [0, 0.05) is 18.4 Å². The summed E-state index contributed by atoms with van der Waals surface area (Å²) in [6.45, 7) is 5.38. The van der Waals surface area contributed by atoms with Crippen LogP contribution in [0.4, 0.5) is 0 Å². The minimum Gasteiger partial charge on any atom is -0.392 e. The lowest BCUT2D eigenvalue weighted by Gasteiger charge is -2.31. The second kappa shape index (κ2) is 5.20. The highest BCUT2D eigenvalue weighted by molar-refractivity contribution is 9.09. The molecule has 0 aromatic carbocycles. The van der Waals surface area contributed by atoms with Crippen LogP contribution in [0.25, 0.3) is 0 Å². The summed E-state index contributed by atoms with van der Waals surface area (Å²) in [4.78, 5) is 2.36. The summed E-state index contributed by atoms with van der Waals surface area (Å²) in [5.74, 6) is 0.690. The lowest BCUT2D eigenvalue weighted by atomic mass is 10.1. The van der Waals surface area contributed by atoms with Gasteiger partial charge in [0.1, 0.15) is 0 Å². The topological polar surface area (TPSA) is 23.5 Å². The zero-order chi connectivity index (χ0) is 8.97. The first-order valence-electron chi connectivity index (χ1n) is 4.68. The maximum Gasteiger partial charge on any atom is 0.0667 e. The van der Waals surface area contributed by atoms with Gasteiger partial charge in [-0.05, 0) is 25.3 Å². The summed E-state index contributed by atoms with van der Waals surface area (Å²) in [7, 11) is 0. The predicted molar refractivity (Wildman–Crippen MR) is 54.6 cm³/mol. The first-order chi connectivity index (χ1) is 5.72. The molecule has 1 heterocycles. The Labute approximate surface area is 83.1 Å². The molecule has 0 radical (unpaired) electrons. The third-order valence-electron chi connectivity index (χ3n) is 2.31. The van der Waals surface area contributed by atoms with Crippen molar-refractivity contribution in [2.75, 3.05) is 25.0 Å². The van der Waals surface area contributed by atoms with E-state index in [2.05, 4.69) is 27.8 Å². The van der Waals surface area contributed by atoms with Crippen LogP contribution in [0.1, 0.15) is 19.8 Å². The van der Waals surface area contributed by atoms with Crippen LogP contribution in [-0.4, -0.2) is 41.1 Å². The normalized spacial score (nSPS) is 28.8. The number of nitrogens with zero attached hydrogens (tertiary/aromatic N) is 1. The van der Waals surface area contributed by atoms with Gasteiger partial charge < -0.3 is 10.0 Å². The average molecular weight is 236 g/mol. The Kier molecular flexibility index (Phi) is 4.54. The van der Waals surface area contributed by atoms with Crippen LogP contribution in [0.5, 0.6) is 0 Å². The van der Waals surface area contributed by atoms with Gasteiger partial charge in [-0.2, -0.15) is 0 Å². The van der Waals surface area contributed by atoms with Crippen molar-refractivity contribution in [1.82, 2.24) is 4.90 Å². The summed E-state index contributed by atoms with van der Waals surface area (Å²) in [6.07, 6.45) is 2.05. The van der Waals surface area contributed by atoms with Gasteiger partial charge >= 0.3 is 0 Å². The number of piperidine rings is 1. The van der Waals surface area contributed by atoms with E-state index in [-0.39, 0.29) is 6.10 Å². The molecule has 72 valence electrons. The van der Waals surface area contributed by atoms with Gasteiger partial charge in [0.2, 0.25) is 0 Å². The molecule has 1 rings (SSSR count). The Hall–Kier alpha value is 0.400. The molecule has 1 N–H and O–H groups in total. The zero-order valence-electron chi connectivity index (χ0n) is 7.67. The van der Waals surface area contributed by atoms with Gasteiger partial charge in [0.15, 0.2) is 0 Å². The summed E-state index contributed by atoms with van der Waals surface area (Å²) in [6, 6.07) is 0. The van der Waals surface area contributed by atoms with Crippen LogP contribution >= 0.6 is 15.9 Å². The number of alkyl halides is 1. The highest BCUT2D eigenvalue weighted by Gasteiger charge is 2.18. The van der Waals surface area contributed by atoms with Crippen molar-refractivity contribution in [3.8, 4) is 0 Å². The van der Waals surface area contributed by atoms with E-state index in [9.17, 15) is 5.11 Å². The van der Waals surface area contributed by atoms with Crippen molar-refractivity contribution in [1.29, 1.82) is 0 Å². The number of aliphatic hydroxyl groups excluding tert-OH is 1. The molecule has 2 atom stereocenters. The summed E-state index contributed by atoms with van der Waals surface area (Å²) >= 11 is 3.47. The van der Waals surface area contributed by atoms with Gasteiger partial charge in [-0.15, -0.1) is 0 Å². The third-order valence-corrected chi connectivity index (χ3v) is 3.42. The lowest BCUT2D eigenvalue weighted by molar-refractivity contribution is 0.0652. The first kappa shape index (κ1) is 10.5. The van der Waals surface area contributed by atoms with Crippen LogP contribution in [0.15, 0.2) is 0 Å². The molecule has 1 saturated heterocycles. The Morgan fingerprint density at radius 2 is 2.42 bits per heavy atom. The number of likely N-dealkylation sites (tertiary alicyclic amines) is 1. The van der Waals surface area contributed by atoms with Crippen LogP contribution in [-0.2, 0) is 0 Å². The van der Waals surface area contributed by atoms with E-state index < -0.39 is 0 Å². The summed E-state index contributed by atoms with van der Waals surface area (Å²) < 4.78 is 0. The van der Waals surface area contributed by atoms with Crippen molar-refractivity contribution in [3.63, 3.8) is 0 Å². The maximum absolute atomic E-state index is 9.41. The molecule has 1 aliphatic heterocycles. The number of rotatable bonds is 3. The predicted octanol–water partition coefficient (Wildman–Crippen LogP) is 1.47. The fraction of sp³-hybridized carbons (Fsp3) is 1.00. The molecular formula is C9H18BrNO. The van der Waals surface area contributed by atoms with Crippen molar-refractivity contribution in [2.24, 2.45) is 5.92 Å². The summed E-state index contributed by atoms with van der Waals surface area (Å²) in [5.41, 5.74) is 0. The highest BCUT2D eigenvalue weighted by Crippen LogP contribution is 2.12. The minimum absolute atomic E-state index is 0.0822. The van der Waals surface area contributed by atoms with Crippen LogP contribution < -0.4 is 0 Å². The lowest BCUT2D eigenvalue weighted by Crippen LogP contribution is -2.40. The van der Waals surface area contributed by atoms with Crippen molar-refractivity contribution >= 4 is 15.9 Å². The molecule has 1 aliphatic rings. The molecule has 0 amide bonds.